The second kappa shape index (κ2) is 3.45. The van der Waals surface area contributed by atoms with Gasteiger partial charge in [-0.1, -0.05) is 0 Å². The molecular weight excluding hydrogens is 266 g/mol. The van der Waals surface area contributed by atoms with E-state index in [2.05, 4.69) is 0 Å². The molecule has 0 radical (unpaired) electrons. The Balaban J connectivity index is 2.82. The lowest BCUT2D eigenvalue weighted by Gasteiger charge is -2.24. The van der Waals surface area contributed by atoms with Gasteiger partial charge in [0, 0.05) is 0 Å². The average molecular weight is 271 g/mol. The van der Waals surface area contributed by atoms with E-state index in [0.29, 0.717) is 0 Å². The molecule has 0 unspecified atom stereocenters. The Morgan fingerprint density at radius 2 is 1.35 bits per heavy atom. The molecule has 0 aromatic rings. The molecule has 0 aromatic carbocycles. The molecule has 1 aliphatic carbocycles. The van der Waals surface area contributed by atoms with E-state index >= 15 is 0 Å². The summed E-state index contributed by atoms with van der Waals surface area (Å²) in [4.78, 5) is 10.5. The quantitative estimate of drug-likeness (QED) is 0.768. The summed E-state index contributed by atoms with van der Waals surface area (Å²) in [6, 6.07) is 0. The standard InChI is InChI=1S/C7H5F8NO/c8-5(9,7(13,14)15)3(17)16-4(1-2-4)6(10,11)12/h1-2H2,(H,16,17). The summed E-state index contributed by atoms with van der Waals surface area (Å²) in [6.45, 7) is 0. The molecule has 1 N–H and O–H groups in total. The molecular formula is C7H5F8NO. The maximum atomic E-state index is 12.4. The van der Waals surface area contributed by atoms with Gasteiger partial charge in [0.1, 0.15) is 5.54 Å². The Kier molecular flexibility index (Phi) is 2.84. The smallest absolute Gasteiger partial charge is 0.336 e. The van der Waals surface area contributed by atoms with Crippen molar-refractivity contribution in [2.75, 3.05) is 0 Å². The van der Waals surface area contributed by atoms with E-state index in [1.807, 2.05) is 0 Å². The molecule has 17 heavy (non-hydrogen) atoms. The third-order valence-electron chi connectivity index (χ3n) is 2.29. The lowest BCUT2D eigenvalue weighted by Crippen LogP contribution is -2.57. The summed E-state index contributed by atoms with van der Waals surface area (Å²) in [6.07, 6.45) is -12.7. The second-order valence-corrected chi connectivity index (χ2v) is 3.61. The van der Waals surface area contributed by atoms with Crippen molar-refractivity contribution in [2.45, 2.75) is 36.7 Å². The molecule has 0 saturated heterocycles. The molecule has 100 valence electrons. The molecule has 0 atom stereocenters. The predicted octanol–water partition coefficient (Wildman–Crippen LogP) is 2.40. The SMILES string of the molecule is O=C(NC1(C(F)(F)F)CC1)C(F)(F)C(F)(F)F. The maximum Gasteiger partial charge on any atom is 0.463 e. The Morgan fingerprint density at radius 1 is 0.941 bits per heavy atom. The zero-order valence-corrected chi connectivity index (χ0v) is 7.85. The number of carbonyl (C=O) groups excluding carboxylic acids is 1. The van der Waals surface area contributed by atoms with Gasteiger partial charge in [-0.25, -0.2) is 0 Å². The van der Waals surface area contributed by atoms with Crippen LogP contribution in [0.5, 0.6) is 0 Å². The topological polar surface area (TPSA) is 29.1 Å². The van der Waals surface area contributed by atoms with Gasteiger partial charge in [0.15, 0.2) is 0 Å². The van der Waals surface area contributed by atoms with Crippen LogP contribution in [0.25, 0.3) is 0 Å². The molecule has 10 heteroatoms. The number of amides is 1. The van der Waals surface area contributed by atoms with Gasteiger partial charge in [-0.2, -0.15) is 35.1 Å². The van der Waals surface area contributed by atoms with Gasteiger partial charge in [-0.05, 0) is 12.8 Å². The lowest BCUT2D eigenvalue weighted by atomic mass is 10.2. The van der Waals surface area contributed by atoms with E-state index in [0.717, 1.165) is 5.32 Å². The molecule has 1 amide bonds. The molecule has 0 spiro atoms. The van der Waals surface area contributed by atoms with Crippen LogP contribution in [0.15, 0.2) is 0 Å². The number of nitrogens with one attached hydrogen (secondary N) is 1. The van der Waals surface area contributed by atoms with Gasteiger partial charge in [0.05, 0.1) is 0 Å². The van der Waals surface area contributed by atoms with Gasteiger partial charge in [0.25, 0.3) is 0 Å². The van der Waals surface area contributed by atoms with Crippen molar-refractivity contribution < 1.29 is 39.9 Å². The summed E-state index contributed by atoms with van der Waals surface area (Å²) in [5.41, 5.74) is -2.95. The molecule has 0 aromatic heterocycles. The lowest BCUT2D eigenvalue weighted by molar-refractivity contribution is -0.271. The minimum absolute atomic E-state index is 0.712. The second-order valence-electron chi connectivity index (χ2n) is 3.61. The fourth-order valence-corrected chi connectivity index (χ4v) is 1.03. The van der Waals surface area contributed by atoms with Crippen molar-refractivity contribution in [3.63, 3.8) is 0 Å². The van der Waals surface area contributed by atoms with Crippen LogP contribution in [0.1, 0.15) is 12.8 Å². The molecule has 0 heterocycles. The highest BCUT2D eigenvalue weighted by Crippen LogP contribution is 2.49. The number of hydrogen-bond donors (Lipinski definition) is 1. The fraction of sp³-hybridized carbons (Fsp3) is 0.857. The molecule has 0 bridgehead atoms. The van der Waals surface area contributed by atoms with Crippen molar-refractivity contribution in [3.8, 4) is 0 Å². The van der Waals surface area contributed by atoms with E-state index in [9.17, 15) is 39.9 Å². The monoisotopic (exact) mass is 271 g/mol. The van der Waals surface area contributed by atoms with Crippen molar-refractivity contribution in [1.29, 1.82) is 0 Å². The molecule has 1 aliphatic rings. The van der Waals surface area contributed by atoms with E-state index in [1.54, 1.807) is 0 Å². The Hall–Kier alpha value is -1.09. The highest BCUT2D eigenvalue weighted by Gasteiger charge is 2.69. The number of hydrogen-bond acceptors (Lipinski definition) is 1. The van der Waals surface area contributed by atoms with Gasteiger partial charge in [0.2, 0.25) is 0 Å². The van der Waals surface area contributed by atoms with Crippen molar-refractivity contribution >= 4 is 5.91 Å². The van der Waals surface area contributed by atoms with Crippen molar-refractivity contribution in [2.24, 2.45) is 0 Å². The number of halogens is 8. The number of carbonyl (C=O) groups is 1. The van der Waals surface area contributed by atoms with E-state index in [-0.39, 0.29) is 0 Å². The van der Waals surface area contributed by atoms with Crippen LogP contribution >= 0.6 is 0 Å². The van der Waals surface area contributed by atoms with E-state index in [1.165, 1.54) is 0 Å². The third kappa shape index (κ3) is 2.29. The number of rotatable bonds is 2. The summed E-state index contributed by atoms with van der Waals surface area (Å²) < 4.78 is 96.4. The average Bonchev–Trinajstić information content (AvgIpc) is 2.81. The first-order chi connectivity index (χ1) is 7.33. The normalized spacial score (nSPS) is 20.0. The third-order valence-corrected chi connectivity index (χ3v) is 2.29. The van der Waals surface area contributed by atoms with Crippen LogP contribution < -0.4 is 5.32 Å². The van der Waals surface area contributed by atoms with Gasteiger partial charge in [-0.3, -0.25) is 4.79 Å². The Morgan fingerprint density at radius 3 is 1.59 bits per heavy atom. The van der Waals surface area contributed by atoms with Gasteiger partial charge in [-0.15, -0.1) is 0 Å². The van der Waals surface area contributed by atoms with Crippen molar-refractivity contribution in [3.05, 3.63) is 0 Å². The summed E-state index contributed by atoms with van der Waals surface area (Å²) in [5.74, 6) is -8.83. The van der Waals surface area contributed by atoms with Crippen LogP contribution in [0.2, 0.25) is 0 Å². The van der Waals surface area contributed by atoms with Crippen molar-refractivity contribution in [1.82, 2.24) is 5.32 Å². The predicted molar refractivity (Wildman–Crippen MR) is 37.2 cm³/mol. The number of alkyl halides is 8. The molecule has 1 fully saturated rings. The fourth-order valence-electron chi connectivity index (χ4n) is 1.03. The highest BCUT2D eigenvalue weighted by molar-refractivity contribution is 5.85. The minimum Gasteiger partial charge on any atom is -0.336 e. The van der Waals surface area contributed by atoms with Crippen LogP contribution in [0.4, 0.5) is 35.1 Å². The summed E-state index contributed by atoms with van der Waals surface area (Å²) >= 11 is 0. The zero-order chi connectivity index (χ0) is 13.7. The van der Waals surface area contributed by atoms with Crippen LogP contribution in [0.3, 0.4) is 0 Å². The van der Waals surface area contributed by atoms with Crippen LogP contribution in [0, 0.1) is 0 Å². The largest absolute Gasteiger partial charge is 0.463 e. The molecule has 1 rings (SSSR count). The first-order valence-electron chi connectivity index (χ1n) is 4.17. The molecule has 0 aliphatic heterocycles. The van der Waals surface area contributed by atoms with E-state index in [4.69, 9.17) is 0 Å². The first kappa shape index (κ1) is 14.0. The zero-order valence-electron chi connectivity index (χ0n) is 7.85. The highest BCUT2D eigenvalue weighted by atomic mass is 19.4. The maximum absolute atomic E-state index is 12.4. The summed E-state index contributed by atoms with van der Waals surface area (Å²) in [5, 5.41) is 0.720. The summed E-state index contributed by atoms with van der Waals surface area (Å²) in [7, 11) is 0. The Labute approximate surface area is 89.0 Å². The van der Waals surface area contributed by atoms with Crippen LogP contribution in [-0.2, 0) is 4.79 Å². The van der Waals surface area contributed by atoms with Gasteiger partial charge < -0.3 is 5.32 Å². The van der Waals surface area contributed by atoms with E-state index < -0.39 is 42.6 Å². The Bertz CT molecular complexity index is 326. The molecule has 2 nitrogen and oxygen atoms in total. The first-order valence-corrected chi connectivity index (χ1v) is 4.17. The minimum atomic E-state index is -6.22. The van der Waals surface area contributed by atoms with Gasteiger partial charge >= 0.3 is 24.2 Å². The van der Waals surface area contributed by atoms with Crippen LogP contribution in [-0.4, -0.2) is 29.7 Å². The molecule has 1 saturated carbocycles.